The van der Waals surface area contributed by atoms with Crippen LogP contribution in [0.1, 0.15) is 27.7 Å². The molecule has 5 heteroatoms. The fourth-order valence-corrected chi connectivity index (χ4v) is 1.98. The van der Waals surface area contributed by atoms with E-state index in [2.05, 4.69) is 4.72 Å². The normalized spacial score (nSPS) is 15.8. The Hall–Kier alpha value is -0.130. The molecule has 0 aromatic heterocycles. The average molecular weight is 208 g/mol. The van der Waals surface area contributed by atoms with E-state index in [1.165, 1.54) is 0 Å². The maximum absolute atomic E-state index is 11.3. The van der Waals surface area contributed by atoms with Crippen molar-refractivity contribution in [3.8, 4) is 0 Å². The molecule has 80 valence electrons. The Balaban J connectivity index is 4.29. The highest BCUT2D eigenvalue weighted by atomic mass is 32.2. The Kier molecular flexibility index (Phi) is 4.35. The second kappa shape index (κ2) is 4.39. The number of rotatable bonds is 4. The molecule has 4 nitrogen and oxygen atoms in total. The van der Waals surface area contributed by atoms with Crippen molar-refractivity contribution in [2.45, 2.75) is 33.7 Å². The minimum Gasteiger partial charge on any atom is -0.329 e. The van der Waals surface area contributed by atoms with Gasteiger partial charge in [-0.2, -0.15) is 0 Å². The first-order chi connectivity index (χ1) is 5.69. The largest absolute Gasteiger partial charge is 0.329 e. The second-order valence-corrected chi connectivity index (χ2v) is 6.19. The van der Waals surface area contributed by atoms with Gasteiger partial charge in [0.25, 0.3) is 0 Å². The molecule has 0 saturated carbocycles. The van der Waals surface area contributed by atoms with E-state index >= 15 is 0 Å². The van der Waals surface area contributed by atoms with Crippen LogP contribution in [0.3, 0.4) is 0 Å². The molecule has 0 fully saturated rings. The summed E-state index contributed by atoms with van der Waals surface area (Å²) in [6.45, 7) is 7.98. The fourth-order valence-electron chi connectivity index (χ4n) is 0.660. The first-order valence-corrected chi connectivity index (χ1v) is 6.04. The van der Waals surface area contributed by atoms with Gasteiger partial charge in [-0.25, -0.2) is 13.1 Å². The Morgan fingerprint density at radius 2 is 1.85 bits per heavy atom. The van der Waals surface area contributed by atoms with E-state index in [4.69, 9.17) is 5.73 Å². The monoisotopic (exact) mass is 208 g/mol. The predicted octanol–water partition coefficient (Wildman–Crippen LogP) is 0.299. The molecule has 1 unspecified atom stereocenters. The van der Waals surface area contributed by atoms with Crippen LogP contribution in [0.25, 0.3) is 0 Å². The van der Waals surface area contributed by atoms with Gasteiger partial charge in [-0.3, -0.25) is 0 Å². The van der Waals surface area contributed by atoms with E-state index in [0.717, 1.165) is 0 Å². The standard InChI is InChI=1S/C8H20N2O2S/c1-7(8(2,3)4)10-13(11,12)6-5-9/h7,10H,5-6,9H2,1-4H3. The van der Waals surface area contributed by atoms with Gasteiger partial charge < -0.3 is 5.73 Å². The number of sulfonamides is 1. The lowest BCUT2D eigenvalue weighted by atomic mass is 9.89. The summed E-state index contributed by atoms with van der Waals surface area (Å²) in [5.41, 5.74) is 5.11. The van der Waals surface area contributed by atoms with E-state index in [1.54, 1.807) is 0 Å². The predicted molar refractivity (Wildman–Crippen MR) is 54.9 cm³/mol. The van der Waals surface area contributed by atoms with Crippen LogP contribution in [0, 0.1) is 5.41 Å². The molecule has 0 heterocycles. The van der Waals surface area contributed by atoms with E-state index in [1.807, 2.05) is 27.7 Å². The quantitative estimate of drug-likeness (QED) is 0.698. The Bertz CT molecular complexity index is 241. The summed E-state index contributed by atoms with van der Waals surface area (Å²) in [5.74, 6) is -0.00653. The van der Waals surface area contributed by atoms with E-state index in [-0.39, 0.29) is 23.8 Å². The molecular formula is C8H20N2O2S. The molecule has 0 aromatic rings. The maximum atomic E-state index is 11.3. The highest BCUT2D eigenvalue weighted by Crippen LogP contribution is 2.18. The van der Waals surface area contributed by atoms with Gasteiger partial charge in [-0.1, -0.05) is 20.8 Å². The third-order valence-corrected chi connectivity index (χ3v) is 3.53. The lowest BCUT2D eigenvalue weighted by Gasteiger charge is -2.27. The van der Waals surface area contributed by atoms with Crippen LogP contribution < -0.4 is 10.5 Å². The smallest absolute Gasteiger partial charge is 0.213 e. The van der Waals surface area contributed by atoms with Crippen molar-refractivity contribution in [2.24, 2.45) is 11.1 Å². The summed E-state index contributed by atoms with van der Waals surface area (Å²) < 4.78 is 25.2. The molecule has 0 aliphatic rings. The molecule has 13 heavy (non-hydrogen) atoms. The van der Waals surface area contributed by atoms with Crippen LogP contribution in [0.2, 0.25) is 0 Å². The third kappa shape index (κ3) is 5.23. The maximum Gasteiger partial charge on any atom is 0.213 e. The van der Waals surface area contributed by atoms with E-state index < -0.39 is 10.0 Å². The second-order valence-electron chi connectivity index (χ2n) is 4.31. The number of nitrogens with two attached hydrogens (primary N) is 1. The van der Waals surface area contributed by atoms with Gasteiger partial charge in [-0.15, -0.1) is 0 Å². The van der Waals surface area contributed by atoms with E-state index in [0.29, 0.717) is 0 Å². The van der Waals surface area contributed by atoms with Crippen LogP contribution >= 0.6 is 0 Å². The molecule has 3 N–H and O–H groups in total. The van der Waals surface area contributed by atoms with Crippen LogP contribution in [0.5, 0.6) is 0 Å². The van der Waals surface area contributed by atoms with Crippen molar-refractivity contribution in [1.29, 1.82) is 0 Å². The summed E-state index contributed by atoms with van der Waals surface area (Å²) in [5, 5.41) is 0. The van der Waals surface area contributed by atoms with Crippen LogP contribution in [0.15, 0.2) is 0 Å². The lowest BCUT2D eigenvalue weighted by Crippen LogP contribution is -2.43. The first-order valence-electron chi connectivity index (χ1n) is 4.39. The number of nitrogens with one attached hydrogen (secondary N) is 1. The number of hydrogen-bond donors (Lipinski definition) is 2. The highest BCUT2D eigenvalue weighted by Gasteiger charge is 2.24. The van der Waals surface area contributed by atoms with Crippen molar-refractivity contribution in [2.75, 3.05) is 12.3 Å². The van der Waals surface area contributed by atoms with Crippen molar-refractivity contribution in [3.63, 3.8) is 0 Å². The van der Waals surface area contributed by atoms with Crippen LogP contribution in [0.4, 0.5) is 0 Å². The average Bonchev–Trinajstić information content (AvgIpc) is 1.83. The Morgan fingerprint density at radius 3 is 2.15 bits per heavy atom. The van der Waals surface area contributed by atoms with Crippen LogP contribution in [-0.2, 0) is 10.0 Å². The zero-order valence-corrected chi connectivity index (χ0v) is 9.61. The fraction of sp³-hybridized carbons (Fsp3) is 1.00. The van der Waals surface area contributed by atoms with Gasteiger partial charge in [0.15, 0.2) is 0 Å². The minimum atomic E-state index is -3.19. The molecule has 0 bridgehead atoms. The van der Waals surface area contributed by atoms with Crippen molar-refractivity contribution in [1.82, 2.24) is 4.72 Å². The summed E-state index contributed by atoms with van der Waals surface area (Å²) >= 11 is 0. The molecular weight excluding hydrogens is 188 g/mol. The zero-order valence-electron chi connectivity index (χ0n) is 8.79. The van der Waals surface area contributed by atoms with Gasteiger partial charge in [0, 0.05) is 12.6 Å². The van der Waals surface area contributed by atoms with Crippen molar-refractivity contribution >= 4 is 10.0 Å². The molecule has 0 saturated heterocycles. The molecule has 1 atom stereocenters. The van der Waals surface area contributed by atoms with Crippen molar-refractivity contribution < 1.29 is 8.42 Å². The summed E-state index contributed by atoms with van der Waals surface area (Å²) in [6, 6.07) is -0.0796. The van der Waals surface area contributed by atoms with Gasteiger partial charge in [0.05, 0.1) is 5.75 Å². The minimum absolute atomic E-state index is 0.00653. The molecule has 0 amide bonds. The van der Waals surface area contributed by atoms with Gasteiger partial charge >= 0.3 is 0 Å². The molecule has 0 aromatic carbocycles. The first kappa shape index (κ1) is 12.9. The third-order valence-electron chi connectivity index (χ3n) is 2.04. The van der Waals surface area contributed by atoms with Gasteiger partial charge in [0.1, 0.15) is 0 Å². The molecule has 0 spiro atoms. The molecule has 0 aliphatic carbocycles. The summed E-state index contributed by atoms with van der Waals surface area (Å²) in [7, 11) is -3.19. The molecule has 0 rings (SSSR count). The zero-order chi connectivity index (χ0) is 10.7. The number of hydrogen-bond acceptors (Lipinski definition) is 3. The molecule has 0 radical (unpaired) electrons. The van der Waals surface area contributed by atoms with Gasteiger partial charge in [-0.05, 0) is 12.3 Å². The Morgan fingerprint density at radius 1 is 1.38 bits per heavy atom. The SMILES string of the molecule is CC(NS(=O)(=O)CCN)C(C)(C)C. The lowest BCUT2D eigenvalue weighted by molar-refractivity contribution is 0.318. The highest BCUT2D eigenvalue weighted by molar-refractivity contribution is 7.89. The molecule has 0 aliphatic heterocycles. The summed E-state index contributed by atoms with van der Waals surface area (Å²) in [6.07, 6.45) is 0. The topological polar surface area (TPSA) is 72.2 Å². The van der Waals surface area contributed by atoms with E-state index in [9.17, 15) is 8.42 Å². The Labute approximate surface area is 80.9 Å². The van der Waals surface area contributed by atoms with Gasteiger partial charge in [0.2, 0.25) is 10.0 Å². The van der Waals surface area contributed by atoms with Crippen LogP contribution in [-0.4, -0.2) is 26.8 Å². The summed E-state index contributed by atoms with van der Waals surface area (Å²) in [4.78, 5) is 0. The van der Waals surface area contributed by atoms with Crippen molar-refractivity contribution in [3.05, 3.63) is 0 Å².